The minimum atomic E-state index is -3.98. The Morgan fingerprint density at radius 2 is 1.91 bits per heavy atom. The minimum Gasteiger partial charge on any atom is -0.360 e. The van der Waals surface area contributed by atoms with E-state index >= 15 is 0 Å². The maximum absolute atomic E-state index is 13.2. The standard InChI is InChI=1S/C20H28N4O6S2/c1-5-23(6-2)31(26,27)17-10-7-9-16(13-17)21-20(25)18-11-8-12-24(18)32(28,29)19-14(3)22-30-15(19)4/h7,9-10,13,18H,5-6,8,11-12H2,1-4H3,(H,21,25). The number of aryl methyl sites for hydroxylation is 2. The molecule has 176 valence electrons. The highest BCUT2D eigenvalue weighted by atomic mass is 32.2. The first-order valence-electron chi connectivity index (χ1n) is 10.4. The number of rotatable bonds is 8. The van der Waals surface area contributed by atoms with E-state index in [-0.39, 0.29) is 33.5 Å². The fourth-order valence-corrected chi connectivity index (χ4v) is 7.38. The summed E-state index contributed by atoms with van der Waals surface area (Å²) in [5.41, 5.74) is 0.521. The van der Waals surface area contributed by atoms with Crippen molar-refractivity contribution in [1.82, 2.24) is 13.8 Å². The number of carbonyl (C=O) groups is 1. The predicted molar refractivity (Wildman–Crippen MR) is 118 cm³/mol. The van der Waals surface area contributed by atoms with E-state index in [0.717, 1.165) is 4.31 Å². The Hall–Kier alpha value is -2.28. The fraction of sp³-hybridized carbons (Fsp3) is 0.500. The third-order valence-electron chi connectivity index (χ3n) is 5.49. The number of benzene rings is 1. The van der Waals surface area contributed by atoms with Gasteiger partial charge in [-0.2, -0.15) is 8.61 Å². The van der Waals surface area contributed by atoms with Crippen LogP contribution in [0.3, 0.4) is 0 Å². The molecule has 1 amide bonds. The summed E-state index contributed by atoms with van der Waals surface area (Å²) in [6.45, 7) is 7.40. The van der Waals surface area contributed by atoms with Gasteiger partial charge in [-0.15, -0.1) is 0 Å². The van der Waals surface area contributed by atoms with Crippen molar-refractivity contribution in [3.8, 4) is 0 Å². The van der Waals surface area contributed by atoms with Gasteiger partial charge in [-0.05, 0) is 44.9 Å². The maximum atomic E-state index is 13.2. The molecular formula is C20H28N4O6S2. The second-order valence-corrected chi connectivity index (χ2v) is 11.3. The molecule has 12 heteroatoms. The van der Waals surface area contributed by atoms with Gasteiger partial charge in [0.1, 0.15) is 16.6 Å². The number of anilines is 1. The van der Waals surface area contributed by atoms with Crippen LogP contribution in [0.4, 0.5) is 5.69 Å². The zero-order valence-corrected chi connectivity index (χ0v) is 20.2. The summed E-state index contributed by atoms with van der Waals surface area (Å²) in [5.74, 6) is -0.349. The lowest BCUT2D eigenvalue weighted by Crippen LogP contribution is -2.43. The molecule has 2 heterocycles. The third kappa shape index (κ3) is 4.45. The van der Waals surface area contributed by atoms with Crippen molar-refractivity contribution in [2.75, 3.05) is 25.0 Å². The van der Waals surface area contributed by atoms with Crippen LogP contribution in [0, 0.1) is 13.8 Å². The molecule has 32 heavy (non-hydrogen) atoms. The number of nitrogens with one attached hydrogen (secondary N) is 1. The molecule has 10 nitrogen and oxygen atoms in total. The molecule has 1 aliphatic rings. The number of nitrogens with zero attached hydrogens (tertiary/aromatic N) is 3. The summed E-state index contributed by atoms with van der Waals surface area (Å²) in [7, 11) is -7.67. The zero-order chi connectivity index (χ0) is 23.7. The Labute approximate surface area is 188 Å². The van der Waals surface area contributed by atoms with E-state index in [4.69, 9.17) is 4.52 Å². The third-order valence-corrected chi connectivity index (χ3v) is 9.68. The first kappa shape index (κ1) is 24.4. The lowest BCUT2D eigenvalue weighted by atomic mass is 10.2. The SMILES string of the molecule is CCN(CC)S(=O)(=O)c1cccc(NC(=O)C2CCCN2S(=O)(=O)c2c(C)noc2C)c1. The van der Waals surface area contributed by atoms with E-state index in [1.807, 2.05) is 0 Å². The van der Waals surface area contributed by atoms with Gasteiger partial charge >= 0.3 is 0 Å². The summed E-state index contributed by atoms with van der Waals surface area (Å²) in [4.78, 5) is 13.0. The van der Waals surface area contributed by atoms with Crippen LogP contribution >= 0.6 is 0 Å². The number of aromatic nitrogens is 1. The molecule has 1 aromatic carbocycles. The summed E-state index contributed by atoms with van der Waals surface area (Å²) in [5, 5.41) is 6.39. The van der Waals surface area contributed by atoms with Gasteiger partial charge in [-0.3, -0.25) is 4.79 Å². The van der Waals surface area contributed by atoms with Gasteiger partial charge in [0.2, 0.25) is 26.0 Å². The topological polar surface area (TPSA) is 130 Å². The Kier molecular flexibility index (Phi) is 7.08. The highest BCUT2D eigenvalue weighted by molar-refractivity contribution is 7.89. The number of sulfonamides is 2. The Bertz CT molecular complexity index is 1180. The number of hydrogen-bond donors (Lipinski definition) is 1. The van der Waals surface area contributed by atoms with Crippen LogP contribution in [0.1, 0.15) is 38.1 Å². The summed E-state index contributed by atoms with van der Waals surface area (Å²) in [6, 6.07) is 5.04. The van der Waals surface area contributed by atoms with Crippen molar-refractivity contribution in [2.24, 2.45) is 0 Å². The zero-order valence-electron chi connectivity index (χ0n) is 18.5. The molecule has 0 aliphatic carbocycles. The van der Waals surface area contributed by atoms with Gasteiger partial charge < -0.3 is 9.84 Å². The molecule has 1 unspecified atom stereocenters. The molecule has 1 atom stereocenters. The second kappa shape index (κ2) is 9.30. The maximum Gasteiger partial charge on any atom is 0.249 e. The molecule has 1 aliphatic heterocycles. The highest BCUT2D eigenvalue weighted by Crippen LogP contribution is 2.30. The average Bonchev–Trinajstić information content (AvgIpc) is 3.36. The largest absolute Gasteiger partial charge is 0.360 e. The Balaban J connectivity index is 1.85. The predicted octanol–water partition coefficient (Wildman–Crippen LogP) is 2.11. The lowest BCUT2D eigenvalue weighted by molar-refractivity contribution is -0.119. The van der Waals surface area contributed by atoms with Crippen LogP contribution < -0.4 is 5.32 Å². The van der Waals surface area contributed by atoms with Gasteiger partial charge in [-0.25, -0.2) is 16.8 Å². The van der Waals surface area contributed by atoms with Crippen molar-refractivity contribution < 1.29 is 26.2 Å². The molecule has 1 N–H and O–H groups in total. The van der Waals surface area contributed by atoms with Crippen LogP contribution in [0.15, 0.2) is 38.6 Å². The van der Waals surface area contributed by atoms with E-state index in [2.05, 4.69) is 10.5 Å². The molecule has 0 spiro atoms. The van der Waals surface area contributed by atoms with E-state index in [1.54, 1.807) is 26.0 Å². The monoisotopic (exact) mass is 484 g/mol. The van der Waals surface area contributed by atoms with E-state index < -0.39 is 32.0 Å². The quantitative estimate of drug-likeness (QED) is 0.607. The number of amides is 1. The van der Waals surface area contributed by atoms with Crippen molar-refractivity contribution in [2.45, 2.75) is 56.4 Å². The van der Waals surface area contributed by atoms with Crippen molar-refractivity contribution in [1.29, 1.82) is 0 Å². The number of carbonyl (C=O) groups excluding carboxylic acids is 1. The lowest BCUT2D eigenvalue weighted by Gasteiger charge is -2.23. The van der Waals surface area contributed by atoms with Gasteiger partial charge in [0, 0.05) is 25.3 Å². The smallest absolute Gasteiger partial charge is 0.249 e. The molecule has 3 rings (SSSR count). The molecule has 1 aromatic heterocycles. The summed E-state index contributed by atoms with van der Waals surface area (Å²) in [6.07, 6.45) is 0.878. The molecule has 2 aromatic rings. The van der Waals surface area contributed by atoms with Crippen molar-refractivity contribution in [3.63, 3.8) is 0 Å². The molecular weight excluding hydrogens is 456 g/mol. The molecule has 1 saturated heterocycles. The van der Waals surface area contributed by atoms with E-state index in [0.29, 0.717) is 25.9 Å². The molecule has 0 radical (unpaired) electrons. The van der Waals surface area contributed by atoms with Crippen molar-refractivity contribution in [3.05, 3.63) is 35.7 Å². The van der Waals surface area contributed by atoms with Gasteiger partial charge in [0.25, 0.3) is 0 Å². The van der Waals surface area contributed by atoms with Crippen LogP contribution in [0.5, 0.6) is 0 Å². The van der Waals surface area contributed by atoms with Gasteiger partial charge in [0.15, 0.2) is 5.76 Å². The first-order chi connectivity index (χ1) is 15.0. The Morgan fingerprint density at radius 1 is 1.22 bits per heavy atom. The van der Waals surface area contributed by atoms with Crippen LogP contribution in [0.25, 0.3) is 0 Å². The minimum absolute atomic E-state index is 0.0236. The summed E-state index contributed by atoms with van der Waals surface area (Å²) < 4.78 is 59.4. The van der Waals surface area contributed by atoms with Crippen LogP contribution in [-0.2, 0) is 24.8 Å². The van der Waals surface area contributed by atoms with E-state index in [1.165, 1.54) is 30.3 Å². The molecule has 1 fully saturated rings. The van der Waals surface area contributed by atoms with Gasteiger partial charge in [0.05, 0.1) is 4.90 Å². The number of hydrogen-bond acceptors (Lipinski definition) is 7. The highest BCUT2D eigenvalue weighted by Gasteiger charge is 2.42. The second-order valence-electron chi connectivity index (χ2n) is 7.53. The van der Waals surface area contributed by atoms with Crippen LogP contribution in [0.2, 0.25) is 0 Å². The summed E-state index contributed by atoms with van der Waals surface area (Å²) >= 11 is 0. The Morgan fingerprint density at radius 3 is 2.50 bits per heavy atom. The average molecular weight is 485 g/mol. The van der Waals surface area contributed by atoms with E-state index in [9.17, 15) is 21.6 Å². The fourth-order valence-electron chi connectivity index (χ4n) is 3.92. The molecule has 0 saturated carbocycles. The van der Waals surface area contributed by atoms with Crippen LogP contribution in [-0.4, -0.2) is 62.2 Å². The normalized spacial score (nSPS) is 17.7. The first-order valence-corrected chi connectivity index (χ1v) is 13.3. The van der Waals surface area contributed by atoms with Gasteiger partial charge in [-0.1, -0.05) is 25.1 Å². The molecule has 0 bridgehead atoms. The van der Waals surface area contributed by atoms with Crippen molar-refractivity contribution >= 4 is 31.6 Å².